The number of nitrogens with two attached hydrogens (primary N) is 1. The fourth-order valence-corrected chi connectivity index (χ4v) is 2.01. The van der Waals surface area contributed by atoms with Crippen molar-refractivity contribution in [1.82, 2.24) is 5.32 Å². The van der Waals surface area contributed by atoms with E-state index in [1.54, 1.807) is 0 Å². The quantitative estimate of drug-likeness (QED) is 0.863. The highest BCUT2D eigenvalue weighted by Gasteiger charge is 2.16. The molecule has 1 atom stereocenters. The zero-order valence-electron chi connectivity index (χ0n) is 12.0. The summed E-state index contributed by atoms with van der Waals surface area (Å²) in [6, 6.07) is 6.42. The van der Waals surface area contributed by atoms with Crippen LogP contribution in [0.5, 0.6) is 0 Å². The van der Waals surface area contributed by atoms with Crippen molar-refractivity contribution in [3.63, 3.8) is 0 Å². The van der Waals surface area contributed by atoms with Gasteiger partial charge in [-0.05, 0) is 36.0 Å². The predicted octanol–water partition coefficient (Wildman–Crippen LogP) is 2.43. The van der Waals surface area contributed by atoms with Gasteiger partial charge in [-0.2, -0.15) is 0 Å². The van der Waals surface area contributed by atoms with Gasteiger partial charge in [0.1, 0.15) is 0 Å². The molecule has 100 valence electrons. The Morgan fingerprint density at radius 3 is 2.44 bits per heavy atom. The first-order valence-electron chi connectivity index (χ1n) is 6.36. The molecule has 3 nitrogen and oxygen atoms in total. The van der Waals surface area contributed by atoms with Crippen molar-refractivity contribution in [2.45, 2.75) is 46.1 Å². The molecule has 0 saturated carbocycles. The zero-order valence-corrected chi connectivity index (χ0v) is 12.0. The molecule has 0 heterocycles. The molecule has 3 N–H and O–H groups in total. The number of rotatable bonds is 3. The molecule has 0 fully saturated rings. The number of benzene rings is 1. The molecule has 0 aliphatic heterocycles. The van der Waals surface area contributed by atoms with Crippen molar-refractivity contribution >= 4 is 5.91 Å². The van der Waals surface area contributed by atoms with E-state index in [1.807, 2.05) is 6.92 Å². The normalized spacial score (nSPS) is 13.2. The molecule has 1 aromatic carbocycles. The summed E-state index contributed by atoms with van der Waals surface area (Å²) < 4.78 is 0. The number of nitrogens with one attached hydrogen (secondary N) is 1. The second kappa shape index (κ2) is 5.53. The maximum atomic E-state index is 11.3. The number of aryl methyl sites for hydroxylation is 1. The minimum atomic E-state index is -0.123. The summed E-state index contributed by atoms with van der Waals surface area (Å²) >= 11 is 0. The number of carbonyl (C=O) groups is 1. The van der Waals surface area contributed by atoms with Crippen molar-refractivity contribution in [3.05, 3.63) is 34.9 Å². The molecule has 1 rings (SSSR count). The molecular weight excluding hydrogens is 224 g/mol. The Hall–Kier alpha value is -1.35. The molecule has 0 bridgehead atoms. The molecule has 1 unspecified atom stereocenters. The van der Waals surface area contributed by atoms with E-state index in [9.17, 15) is 4.79 Å². The summed E-state index contributed by atoms with van der Waals surface area (Å²) in [5, 5.41) is 2.88. The average molecular weight is 248 g/mol. The minimum Gasteiger partial charge on any atom is -0.348 e. The van der Waals surface area contributed by atoms with E-state index in [1.165, 1.54) is 11.1 Å². The van der Waals surface area contributed by atoms with Gasteiger partial charge in [0, 0.05) is 0 Å². The summed E-state index contributed by atoms with van der Waals surface area (Å²) in [7, 11) is 0. The maximum absolute atomic E-state index is 11.3. The van der Waals surface area contributed by atoms with Crippen molar-refractivity contribution in [3.8, 4) is 0 Å². The monoisotopic (exact) mass is 248 g/mol. The first-order chi connectivity index (χ1) is 8.25. The Bertz CT molecular complexity index is 433. The largest absolute Gasteiger partial charge is 0.348 e. The van der Waals surface area contributed by atoms with Gasteiger partial charge in [-0.1, -0.05) is 39.0 Å². The van der Waals surface area contributed by atoms with E-state index in [0.717, 1.165) is 5.56 Å². The highest BCUT2D eigenvalue weighted by Crippen LogP contribution is 2.26. The van der Waals surface area contributed by atoms with Crippen LogP contribution in [0.4, 0.5) is 0 Å². The van der Waals surface area contributed by atoms with Crippen LogP contribution in [0.2, 0.25) is 0 Å². The molecule has 18 heavy (non-hydrogen) atoms. The number of hydrogen-bond donors (Lipinski definition) is 2. The average Bonchev–Trinajstić information content (AvgIpc) is 2.27. The molecular formula is C15H24N2O. The lowest BCUT2D eigenvalue weighted by Gasteiger charge is -2.22. The van der Waals surface area contributed by atoms with E-state index in [0.29, 0.717) is 0 Å². The molecule has 0 saturated heterocycles. The lowest BCUT2D eigenvalue weighted by Crippen LogP contribution is -2.32. The third-order valence-corrected chi connectivity index (χ3v) is 3.17. The number of hydrogen-bond acceptors (Lipinski definition) is 2. The van der Waals surface area contributed by atoms with Crippen LogP contribution in [0.25, 0.3) is 0 Å². The first-order valence-corrected chi connectivity index (χ1v) is 6.36. The predicted molar refractivity (Wildman–Crippen MR) is 75.5 cm³/mol. The molecule has 0 spiro atoms. The van der Waals surface area contributed by atoms with E-state index >= 15 is 0 Å². The number of carbonyl (C=O) groups excluding carboxylic acids is 1. The lowest BCUT2D eigenvalue weighted by atomic mass is 9.84. The second-order valence-electron chi connectivity index (χ2n) is 5.81. The van der Waals surface area contributed by atoms with Gasteiger partial charge in [0.05, 0.1) is 12.6 Å². The summed E-state index contributed by atoms with van der Waals surface area (Å²) in [6.45, 7) is 10.7. The van der Waals surface area contributed by atoms with Crippen LogP contribution < -0.4 is 11.1 Å². The van der Waals surface area contributed by atoms with Crippen LogP contribution in [0.1, 0.15) is 50.4 Å². The third kappa shape index (κ3) is 3.57. The summed E-state index contributed by atoms with van der Waals surface area (Å²) in [4.78, 5) is 11.3. The Morgan fingerprint density at radius 2 is 2.00 bits per heavy atom. The van der Waals surface area contributed by atoms with Crippen LogP contribution in [0.15, 0.2) is 18.2 Å². The molecule has 0 aliphatic carbocycles. The van der Waals surface area contributed by atoms with E-state index in [4.69, 9.17) is 5.73 Å². The van der Waals surface area contributed by atoms with Crippen LogP contribution in [0, 0.1) is 6.92 Å². The lowest BCUT2D eigenvalue weighted by molar-refractivity contribution is -0.120. The third-order valence-electron chi connectivity index (χ3n) is 3.17. The molecule has 0 aliphatic rings. The van der Waals surface area contributed by atoms with Gasteiger partial charge in [-0.15, -0.1) is 0 Å². The Labute approximate surface area is 110 Å². The van der Waals surface area contributed by atoms with Crippen LogP contribution in [0.3, 0.4) is 0 Å². The van der Waals surface area contributed by atoms with Gasteiger partial charge in [-0.25, -0.2) is 0 Å². The number of amides is 1. The fraction of sp³-hybridized carbons (Fsp3) is 0.533. The van der Waals surface area contributed by atoms with Gasteiger partial charge >= 0.3 is 0 Å². The Kier molecular flexibility index (Phi) is 4.52. The van der Waals surface area contributed by atoms with Gasteiger partial charge in [-0.3, -0.25) is 4.79 Å². The zero-order chi connectivity index (χ0) is 13.9. The smallest absolute Gasteiger partial charge is 0.234 e. The Morgan fingerprint density at radius 1 is 1.39 bits per heavy atom. The topological polar surface area (TPSA) is 55.1 Å². The molecule has 1 aromatic rings. The van der Waals surface area contributed by atoms with Crippen LogP contribution in [-0.4, -0.2) is 12.5 Å². The summed E-state index contributed by atoms with van der Waals surface area (Å²) in [5.41, 5.74) is 9.10. The highest BCUT2D eigenvalue weighted by molar-refractivity contribution is 5.78. The van der Waals surface area contributed by atoms with Crippen molar-refractivity contribution < 1.29 is 4.79 Å². The summed E-state index contributed by atoms with van der Waals surface area (Å²) in [5.74, 6) is -0.123. The van der Waals surface area contributed by atoms with Crippen molar-refractivity contribution in [2.75, 3.05) is 6.54 Å². The Balaban J connectivity index is 2.95. The van der Waals surface area contributed by atoms with Crippen molar-refractivity contribution in [2.24, 2.45) is 5.73 Å². The van der Waals surface area contributed by atoms with Gasteiger partial charge < -0.3 is 11.1 Å². The van der Waals surface area contributed by atoms with E-state index in [2.05, 4.69) is 51.2 Å². The molecule has 0 aromatic heterocycles. The van der Waals surface area contributed by atoms with Gasteiger partial charge in [0.25, 0.3) is 0 Å². The van der Waals surface area contributed by atoms with Gasteiger partial charge in [0.15, 0.2) is 0 Å². The highest BCUT2D eigenvalue weighted by atomic mass is 16.1. The van der Waals surface area contributed by atoms with Gasteiger partial charge in [0.2, 0.25) is 5.91 Å². The maximum Gasteiger partial charge on any atom is 0.234 e. The summed E-state index contributed by atoms with van der Waals surface area (Å²) in [6.07, 6.45) is 0. The van der Waals surface area contributed by atoms with Crippen molar-refractivity contribution in [1.29, 1.82) is 0 Å². The second-order valence-corrected chi connectivity index (χ2v) is 5.81. The SMILES string of the molecule is Cc1cc(C(C)(C)C)ccc1C(C)NC(=O)CN. The molecule has 1 amide bonds. The van der Waals surface area contributed by atoms with E-state index in [-0.39, 0.29) is 23.9 Å². The van der Waals surface area contributed by atoms with E-state index < -0.39 is 0 Å². The minimum absolute atomic E-state index is 0.00457. The first kappa shape index (κ1) is 14.7. The molecule has 0 radical (unpaired) electrons. The molecule has 3 heteroatoms. The van der Waals surface area contributed by atoms with Crippen LogP contribution >= 0.6 is 0 Å². The van der Waals surface area contributed by atoms with Crippen LogP contribution in [-0.2, 0) is 10.2 Å². The fourth-order valence-electron chi connectivity index (χ4n) is 2.01. The standard InChI is InChI=1S/C15H24N2O/c1-10-8-12(15(3,4)5)6-7-13(10)11(2)17-14(18)9-16/h6-8,11H,9,16H2,1-5H3,(H,17,18).